The van der Waals surface area contributed by atoms with E-state index in [0.29, 0.717) is 5.57 Å². The number of carbonyl (C=O) groups is 1. The highest BCUT2D eigenvalue weighted by atomic mass is 35.5. The van der Waals surface area contributed by atoms with Crippen molar-refractivity contribution in [3.05, 3.63) is 41.5 Å². The molecular formula is C11H11ClO. The molecule has 0 saturated heterocycles. The van der Waals surface area contributed by atoms with Crippen molar-refractivity contribution in [3.63, 3.8) is 0 Å². The molecule has 0 bridgehead atoms. The first-order valence-corrected chi connectivity index (χ1v) is 4.60. The van der Waals surface area contributed by atoms with Crippen molar-refractivity contribution < 1.29 is 4.79 Å². The Morgan fingerprint density at radius 2 is 2.00 bits per heavy atom. The van der Waals surface area contributed by atoms with Crippen LogP contribution in [-0.2, 0) is 4.79 Å². The van der Waals surface area contributed by atoms with Gasteiger partial charge in [0.25, 0.3) is 0 Å². The molecule has 0 fully saturated rings. The van der Waals surface area contributed by atoms with Gasteiger partial charge in [-0.2, -0.15) is 0 Å². The van der Waals surface area contributed by atoms with Gasteiger partial charge in [-0.1, -0.05) is 30.3 Å². The molecule has 1 rings (SSSR count). The van der Waals surface area contributed by atoms with E-state index in [9.17, 15) is 4.79 Å². The fourth-order valence-electron chi connectivity index (χ4n) is 0.985. The number of Topliss-reactive ketones (excluding diaryl/α,β-unsaturated/α-hetero) is 1. The highest BCUT2D eigenvalue weighted by Crippen LogP contribution is 2.07. The summed E-state index contributed by atoms with van der Waals surface area (Å²) in [5.74, 6) is 0.0281. The number of rotatable bonds is 3. The minimum Gasteiger partial charge on any atom is -0.293 e. The maximum Gasteiger partial charge on any atom is 0.173 e. The van der Waals surface area contributed by atoms with Crippen LogP contribution in [0.15, 0.2) is 35.9 Å². The van der Waals surface area contributed by atoms with E-state index in [0.717, 1.165) is 5.56 Å². The lowest BCUT2D eigenvalue weighted by Crippen LogP contribution is -1.99. The summed E-state index contributed by atoms with van der Waals surface area (Å²) < 4.78 is 0. The van der Waals surface area contributed by atoms with Gasteiger partial charge in [-0.15, -0.1) is 11.6 Å². The number of allylic oxidation sites excluding steroid dienone is 1. The van der Waals surface area contributed by atoms with Crippen LogP contribution >= 0.6 is 11.6 Å². The van der Waals surface area contributed by atoms with E-state index in [1.54, 1.807) is 6.92 Å². The zero-order chi connectivity index (χ0) is 9.68. The predicted octanol–water partition coefficient (Wildman–Crippen LogP) is 2.90. The summed E-state index contributed by atoms with van der Waals surface area (Å²) in [6, 6.07) is 9.71. The third-order valence-corrected chi connectivity index (χ3v) is 1.99. The lowest BCUT2D eigenvalue weighted by molar-refractivity contribution is -0.113. The molecule has 0 N–H and O–H groups in total. The maximum absolute atomic E-state index is 11.1. The van der Waals surface area contributed by atoms with E-state index in [4.69, 9.17) is 11.6 Å². The van der Waals surface area contributed by atoms with Gasteiger partial charge in [0.15, 0.2) is 5.78 Å². The molecule has 0 unspecified atom stereocenters. The normalized spacial score (nSPS) is 11.4. The lowest BCUT2D eigenvalue weighted by atomic mass is 10.1. The van der Waals surface area contributed by atoms with Crippen LogP contribution in [0.3, 0.4) is 0 Å². The molecule has 1 aromatic rings. The molecule has 1 nitrogen and oxygen atoms in total. The van der Waals surface area contributed by atoms with E-state index in [2.05, 4.69) is 0 Å². The van der Waals surface area contributed by atoms with Crippen molar-refractivity contribution in [2.45, 2.75) is 6.92 Å². The molecule has 0 amide bonds. The standard InChI is InChI=1S/C11H11ClO/c1-9(11(13)8-12)7-10-5-3-2-4-6-10/h2-7H,8H2,1H3/b9-7+. The molecule has 13 heavy (non-hydrogen) atoms. The smallest absolute Gasteiger partial charge is 0.173 e. The Bertz CT molecular complexity index is 314. The largest absolute Gasteiger partial charge is 0.293 e. The zero-order valence-corrected chi connectivity index (χ0v) is 8.21. The van der Waals surface area contributed by atoms with E-state index in [1.807, 2.05) is 36.4 Å². The Morgan fingerprint density at radius 3 is 2.54 bits per heavy atom. The van der Waals surface area contributed by atoms with Crippen LogP contribution in [0.25, 0.3) is 6.08 Å². The zero-order valence-electron chi connectivity index (χ0n) is 7.46. The Labute approximate surface area is 83.0 Å². The highest BCUT2D eigenvalue weighted by Gasteiger charge is 2.00. The third-order valence-electron chi connectivity index (χ3n) is 1.74. The van der Waals surface area contributed by atoms with Gasteiger partial charge in [0, 0.05) is 0 Å². The first kappa shape index (κ1) is 10.0. The van der Waals surface area contributed by atoms with E-state index in [1.165, 1.54) is 0 Å². The van der Waals surface area contributed by atoms with Crippen LogP contribution in [0.5, 0.6) is 0 Å². The maximum atomic E-state index is 11.1. The lowest BCUT2D eigenvalue weighted by Gasteiger charge is -1.96. The molecule has 1 aromatic carbocycles. The van der Waals surface area contributed by atoms with Crippen molar-refractivity contribution >= 4 is 23.5 Å². The van der Waals surface area contributed by atoms with Crippen molar-refractivity contribution in [2.24, 2.45) is 0 Å². The Kier molecular flexibility index (Phi) is 3.71. The second-order valence-corrected chi connectivity index (χ2v) is 3.06. The van der Waals surface area contributed by atoms with Crippen molar-refractivity contribution in [2.75, 3.05) is 5.88 Å². The van der Waals surface area contributed by atoms with Gasteiger partial charge in [-0.3, -0.25) is 4.79 Å². The fraction of sp³-hybridized carbons (Fsp3) is 0.182. The number of carbonyl (C=O) groups excluding carboxylic acids is 1. The molecule has 0 heterocycles. The first-order chi connectivity index (χ1) is 6.24. The molecule has 0 saturated carbocycles. The fourth-order valence-corrected chi connectivity index (χ4v) is 1.20. The van der Waals surface area contributed by atoms with E-state index >= 15 is 0 Å². The number of hydrogen-bond donors (Lipinski definition) is 0. The van der Waals surface area contributed by atoms with Crippen LogP contribution in [0.4, 0.5) is 0 Å². The summed E-state index contributed by atoms with van der Waals surface area (Å²) in [7, 11) is 0. The number of hydrogen-bond acceptors (Lipinski definition) is 1. The summed E-state index contributed by atoms with van der Waals surface area (Å²) in [4.78, 5) is 11.1. The van der Waals surface area contributed by atoms with E-state index in [-0.39, 0.29) is 11.7 Å². The van der Waals surface area contributed by atoms with Gasteiger partial charge < -0.3 is 0 Å². The third kappa shape index (κ3) is 3.03. The molecule has 0 aliphatic carbocycles. The molecule has 0 aliphatic rings. The predicted molar refractivity (Wildman–Crippen MR) is 55.8 cm³/mol. The average Bonchev–Trinajstić information content (AvgIpc) is 2.18. The summed E-state index contributed by atoms with van der Waals surface area (Å²) in [6.45, 7) is 1.78. The Balaban J connectivity index is 2.83. The molecule has 0 spiro atoms. The molecular weight excluding hydrogens is 184 g/mol. The Morgan fingerprint density at radius 1 is 1.38 bits per heavy atom. The minimum absolute atomic E-state index is 0.0227. The van der Waals surface area contributed by atoms with Crippen molar-refractivity contribution in [1.82, 2.24) is 0 Å². The van der Waals surface area contributed by atoms with Gasteiger partial charge in [-0.05, 0) is 24.1 Å². The van der Waals surface area contributed by atoms with Gasteiger partial charge in [0.1, 0.15) is 0 Å². The molecule has 0 aliphatic heterocycles. The molecule has 0 atom stereocenters. The van der Waals surface area contributed by atoms with Crippen LogP contribution in [0.1, 0.15) is 12.5 Å². The quantitative estimate of drug-likeness (QED) is 0.534. The first-order valence-electron chi connectivity index (χ1n) is 4.06. The molecule has 0 radical (unpaired) electrons. The van der Waals surface area contributed by atoms with E-state index < -0.39 is 0 Å². The Hall–Kier alpha value is -1.08. The monoisotopic (exact) mass is 194 g/mol. The van der Waals surface area contributed by atoms with Crippen molar-refractivity contribution in [1.29, 1.82) is 0 Å². The average molecular weight is 195 g/mol. The molecule has 0 aromatic heterocycles. The van der Waals surface area contributed by atoms with Gasteiger partial charge in [-0.25, -0.2) is 0 Å². The topological polar surface area (TPSA) is 17.1 Å². The summed E-state index contributed by atoms with van der Waals surface area (Å²) in [5.41, 5.74) is 1.72. The number of alkyl halides is 1. The van der Waals surface area contributed by atoms with Gasteiger partial charge in [0.05, 0.1) is 5.88 Å². The highest BCUT2D eigenvalue weighted by molar-refractivity contribution is 6.30. The van der Waals surface area contributed by atoms with Crippen LogP contribution in [0.2, 0.25) is 0 Å². The van der Waals surface area contributed by atoms with Gasteiger partial charge >= 0.3 is 0 Å². The molecule has 2 heteroatoms. The molecule has 68 valence electrons. The van der Waals surface area contributed by atoms with Crippen LogP contribution in [0, 0.1) is 0 Å². The summed E-state index contributed by atoms with van der Waals surface area (Å²) in [5, 5.41) is 0. The number of halogens is 1. The van der Waals surface area contributed by atoms with Crippen molar-refractivity contribution in [3.8, 4) is 0 Å². The second-order valence-electron chi connectivity index (χ2n) is 2.79. The number of benzene rings is 1. The second kappa shape index (κ2) is 4.83. The van der Waals surface area contributed by atoms with Crippen LogP contribution in [-0.4, -0.2) is 11.7 Å². The number of ketones is 1. The SMILES string of the molecule is C/C(=C\c1ccccc1)C(=O)CCl. The van der Waals surface area contributed by atoms with Crippen LogP contribution < -0.4 is 0 Å². The minimum atomic E-state index is -0.0227. The summed E-state index contributed by atoms with van der Waals surface area (Å²) in [6.07, 6.45) is 1.84. The van der Waals surface area contributed by atoms with Gasteiger partial charge in [0.2, 0.25) is 0 Å². The summed E-state index contributed by atoms with van der Waals surface area (Å²) >= 11 is 5.42.